The van der Waals surface area contributed by atoms with E-state index in [-0.39, 0.29) is 5.54 Å². The SMILES string of the molecule is CC(C)(Cc1ccccc1)NCc1ccccc1. The van der Waals surface area contributed by atoms with Crippen molar-refractivity contribution in [3.05, 3.63) is 71.8 Å². The maximum Gasteiger partial charge on any atom is 0.0210 e. The van der Waals surface area contributed by atoms with Crippen LogP contribution in [0.15, 0.2) is 60.7 Å². The summed E-state index contributed by atoms with van der Waals surface area (Å²) in [5, 5.41) is 3.62. The highest BCUT2D eigenvalue weighted by atomic mass is 14.9. The van der Waals surface area contributed by atoms with Crippen LogP contribution in [-0.4, -0.2) is 5.54 Å². The van der Waals surface area contributed by atoms with Gasteiger partial charge in [-0.05, 0) is 31.4 Å². The van der Waals surface area contributed by atoms with Gasteiger partial charge in [0.25, 0.3) is 0 Å². The molecule has 0 aromatic heterocycles. The molecule has 0 unspecified atom stereocenters. The fourth-order valence-corrected chi connectivity index (χ4v) is 2.11. The number of benzene rings is 2. The van der Waals surface area contributed by atoms with E-state index in [0.717, 1.165) is 13.0 Å². The zero-order valence-corrected chi connectivity index (χ0v) is 11.2. The molecule has 0 fully saturated rings. The zero-order chi connectivity index (χ0) is 12.8. The summed E-state index contributed by atoms with van der Waals surface area (Å²) in [5.41, 5.74) is 2.82. The Bertz CT molecular complexity index is 459. The summed E-state index contributed by atoms with van der Waals surface area (Å²) in [6.45, 7) is 5.42. The molecule has 0 bridgehead atoms. The predicted octanol–water partition coefficient (Wildman–Crippen LogP) is 3.80. The predicted molar refractivity (Wildman–Crippen MR) is 77.5 cm³/mol. The van der Waals surface area contributed by atoms with Crippen molar-refractivity contribution in [3.63, 3.8) is 0 Å². The fourth-order valence-electron chi connectivity index (χ4n) is 2.11. The summed E-state index contributed by atoms with van der Waals surface area (Å²) in [6, 6.07) is 21.2. The molecule has 0 spiro atoms. The lowest BCUT2D eigenvalue weighted by molar-refractivity contribution is 0.384. The van der Waals surface area contributed by atoms with E-state index in [2.05, 4.69) is 79.8 Å². The Morgan fingerprint density at radius 1 is 0.778 bits per heavy atom. The summed E-state index contributed by atoms with van der Waals surface area (Å²) < 4.78 is 0. The Labute approximate surface area is 110 Å². The van der Waals surface area contributed by atoms with Crippen molar-refractivity contribution in [1.82, 2.24) is 5.32 Å². The molecule has 1 nitrogen and oxygen atoms in total. The number of hydrogen-bond donors (Lipinski definition) is 1. The quantitative estimate of drug-likeness (QED) is 0.837. The van der Waals surface area contributed by atoms with Gasteiger partial charge in [-0.3, -0.25) is 0 Å². The van der Waals surface area contributed by atoms with E-state index in [1.54, 1.807) is 0 Å². The molecule has 0 heterocycles. The molecule has 0 saturated carbocycles. The molecule has 1 heteroatoms. The lowest BCUT2D eigenvalue weighted by Crippen LogP contribution is -2.40. The second-order valence-corrected chi connectivity index (χ2v) is 5.39. The van der Waals surface area contributed by atoms with Gasteiger partial charge in [-0.1, -0.05) is 60.7 Å². The minimum Gasteiger partial charge on any atom is -0.307 e. The van der Waals surface area contributed by atoms with Gasteiger partial charge < -0.3 is 5.32 Å². The largest absolute Gasteiger partial charge is 0.307 e. The van der Waals surface area contributed by atoms with Crippen molar-refractivity contribution >= 4 is 0 Å². The zero-order valence-electron chi connectivity index (χ0n) is 11.2. The van der Waals surface area contributed by atoms with Crippen LogP contribution in [0.1, 0.15) is 25.0 Å². The number of hydrogen-bond acceptors (Lipinski definition) is 1. The van der Waals surface area contributed by atoms with Crippen LogP contribution in [0.2, 0.25) is 0 Å². The van der Waals surface area contributed by atoms with Crippen molar-refractivity contribution in [3.8, 4) is 0 Å². The van der Waals surface area contributed by atoms with Gasteiger partial charge in [0.1, 0.15) is 0 Å². The van der Waals surface area contributed by atoms with Gasteiger partial charge in [0.15, 0.2) is 0 Å². The molecule has 2 rings (SSSR count). The molecule has 2 aromatic rings. The van der Waals surface area contributed by atoms with E-state index >= 15 is 0 Å². The topological polar surface area (TPSA) is 12.0 Å². The van der Waals surface area contributed by atoms with Crippen molar-refractivity contribution in [2.24, 2.45) is 0 Å². The van der Waals surface area contributed by atoms with Gasteiger partial charge in [-0.15, -0.1) is 0 Å². The Hall–Kier alpha value is -1.60. The highest BCUT2D eigenvalue weighted by Crippen LogP contribution is 2.13. The van der Waals surface area contributed by atoms with Crippen molar-refractivity contribution in [2.75, 3.05) is 0 Å². The highest BCUT2D eigenvalue weighted by molar-refractivity contribution is 5.18. The smallest absolute Gasteiger partial charge is 0.0210 e. The second-order valence-electron chi connectivity index (χ2n) is 5.39. The first-order valence-electron chi connectivity index (χ1n) is 6.49. The number of nitrogens with one attached hydrogen (secondary N) is 1. The molecule has 0 amide bonds. The molecule has 0 atom stereocenters. The van der Waals surface area contributed by atoms with Crippen LogP contribution in [0.3, 0.4) is 0 Å². The summed E-state index contributed by atoms with van der Waals surface area (Å²) in [4.78, 5) is 0. The first-order valence-corrected chi connectivity index (χ1v) is 6.49. The molecule has 1 N–H and O–H groups in total. The summed E-state index contributed by atoms with van der Waals surface area (Å²) in [7, 11) is 0. The van der Waals surface area contributed by atoms with Gasteiger partial charge in [0, 0.05) is 12.1 Å². The lowest BCUT2D eigenvalue weighted by atomic mass is 9.94. The van der Waals surface area contributed by atoms with Crippen molar-refractivity contribution in [1.29, 1.82) is 0 Å². The van der Waals surface area contributed by atoms with Crippen LogP contribution in [-0.2, 0) is 13.0 Å². The van der Waals surface area contributed by atoms with Crippen LogP contribution in [0.5, 0.6) is 0 Å². The molecule has 0 aliphatic carbocycles. The Morgan fingerprint density at radius 2 is 1.28 bits per heavy atom. The fraction of sp³-hybridized carbons (Fsp3) is 0.294. The summed E-state index contributed by atoms with van der Waals surface area (Å²) in [5.74, 6) is 0. The molecule has 0 saturated heterocycles. The van der Waals surface area contributed by atoms with Gasteiger partial charge in [0.2, 0.25) is 0 Å². The third-order valence-corrected chi connectivity index (χ3v) is 3.10. The molecule has 0 aliphatic heterocycles. The average molecular weight is 239 g/mol. The molecular weight excluding hydrogens is 218 g/mol. The minimum atomic E-state index is 0.108. The van der Waals surface area contributed by atoms with Crippen LogP contribution in [0, 0.1) is 0 Å². The molecule has 0 radical (unpaired) electrons. The summed E-state index contributed by atoms with van der Waals surface area (Å²) in [6.07, 6.45) is 1.04. The molecule has 2 aromatic carbocycles. The minimum absolute atomic E-state index is 0.108. The third-order valence-electron chi connectivity index (χ3n) is 3.10. The highest BCUT2D eigenvalue weighted by Gasteiger charge is 2.17. The lowest BCUT2D eigenvalue weighted by Gasteiger charge is -2.26. The average Bonchev–Trinajstić information content (AvgIpc) is 2.38. The van der Waals surface area contributed by atoms with Crippen LogP contribution in [0.25, 0.3) is 0 Å². The van der Waals surface area contributed by atoms with Crippen LogP contribution < -0.4 is 5.32 Å². The van der Waals surface area contributed by atoms with Gasteiger partial charge >= 0.3 is 0 Å². The standard InChI is InChI=1S/C17H21N/c1-17(2,13-15-9-5-3-6-10-15)18-14-16-11-7-4-8-12-16/h3-12,18H,13-14H2,1-2H3. The molecule has 18 heavy (non-hydrogen) atoms. The first-order chi connectivity index (χ1) is 8.66. The maximum atomic E-state index is 3.62. The Morgan fingerprint density at radius 3 is 1.83 bits per heavy atom. The van der Waals surface area contributed by atoms with Crippen molar-refractivity contribution in [2.45, 2.75) is 32.4 Å². The van der Waals surface area contributed by atoms with E-state index in [0.29, 0.717) is 0 Å². The maximum absolute atomic E-state index is 3.62. The van der Waals surface area contributed by atoms with E-state index < -0.39 is 0 Å². The van der Waals surface area contributed by atoms with Gasteiger partial charge in [-0.25, -0.2) is 0 Å². The Balaban J connectivity index is 1.91. The second kappa shape index (κ2) is 5.83. The van der Waals surface area contributed by atoms with Crippen molar-refractivity contribution < 1.29 is 0 Å². The van der Waals surface area contributed by atoms with E-state index in [1.807, 2.05) is 0 Å². The Kier molecular flexibility index (Phi) is 4.16. The molecule has 94 valence electrons. The van der Waals surface area contributed by atoms with Crippen LogP contribution >= 0.6 is 0 Å². The number of rotatable bonds is 5. The first kappa shape index (κ1) is 12.8. The van der Waals surface area contributed by atoms with E-state index in [1.165, 1.54) is 11.1 Å². The summed E-state index contributed by atoms with van der Waals surface area (Å²) >= 11 is 0. The van der Waals surface area contributed by atoms with E-state index in [4.69, 9.17) is 0 Å². The van der Waals surface area contributed by atoms with Gasteiger partial charge in [-0.2, -0.15) is 0 Å². The molecular formula is C17H21N. The molecule has 0 aliphatic rings. The monoisotopic (exact) mass is 239 g/mol. The van der Waals surface area contributed by atoms with Crippen LogP contribution in [0.4, 0.5) is 0 Å². The van der Waals surface area contributed by atoms with E-state index in [9.17, 15) is 0 Å². The third kappa shape index (κ3) is 4.01. The van der Waals surface area contributed by atoms with Gasteiger partial charge in [0.05, 0.1) is 0 Å². The normalized spacial score (nSPS) is 11.4.